The Morgan fingerprint density at radius 2 is 1.67 bits per heavy atom. The van der Waals surface area contributed by atoms with E-state index in [0.717, 1.165) is 16.9 Å². The van der Waals surface area contributed by atoms with Crippen LogP contribution in [0.1, 0.15) is 21.6 Å². The zero-order valence-electron chi connectivity index (χ0n) is 11.1. The van der Waals surface area contributed by atoms with Gasteiger partial charge in [0.2, 0.25) is 0 Å². The van der Waals surface area contributed by atoms with Crippen molar-refractivity contribution in [1.82, 2.24) is 9.97 Å². The molecule has 18 heavy (non-hydrogen) atoms. The molecule has 1 aromatic carbocycles. The first kappa shape index (κ1) is 11.5. The zero-order valence-corrected chi connectivity index (χ0v) is 11.9. The number of nitrogens with one attached hydrogen (secondary N) is 1. The van der Waals surface area contributed by atoms with Gasteiger partial charge >= 0.3 is 0 Å². The first-order valence-electron chi connectivity index (χ1n) is 6.09. The van der Waals surface area contributed by atoms with Crippen molar-refractivity contribution in [3.8, 4) is 10.7 Å². The maximum Gasteiger partial charge on any atom is 0.148 e. The van der Waals surface area contributed by atoms with Crippen LogP contribution in [0.4, 0.5) is 0 Å². The molecule has 3 aromatic rings. The molecule has 2 aromatic heterocycles. The minimum absolute atomic E-state index is 0.983. The van der Waals surface area contributed by atoms with Crippen LogP contribution >= 0.6 is 11.3 Å². The maximum absolute atomic E-state index is 4.69. The van der Waals surface area contributed by atoms with Crippen LogP contribution in [0.15, 0.2) is 18.2 Å². The molecule has 0 spiro atoms. The van der Waals surface area contributed by atoms with Crippen molar-refractivity contribution >= 4 is 22.4 Å². The normalized spacial score (nSPS) is 11.3. The van der Waals surface area contributed by atoms with E-state index in [0.29, 0.717) is 0 Å². The summed E-state index contributed by atoms with van der Waals surface area (Å²) in [4.78, 5) is 10.7. The Bertz CT molecular complexity index is 676. The number of H-pyrrole nitrogens is 1. The minimum atomic E-state index is 0.983. The third kappa shape index (κ3) is 1.75. The fourth-order valence-electron chi connectivity index (χ4n) is 2.08. The van der Waals surface area contributed by atoms with Crippen molar-refractivity contribution in [3.05, 3.63) is 39.8 Å². The van der Waals surface area contributed by atoms with E-state index in [2.05, 4.69) is 50.9 Å². The predicted octanol–water partition coefficient (Wildman–Crippen LogP) is 4.53. The summed E-state index contributed by atoms with van der Waals surface area (Å²) in [6.07, 6.45) is 0. The van der Waals surface area contributed by atoms with Gasteiger partial charge in [0.25, 0.3) is 0 Å². The smallest absolute Gasteiger partial charge is 0.148 e. The van der Waals surface area contributed by atoms with E-state index in [1.54, 1.807) is 11.3 Å². The van der Waals surface area contributed by atoms with Crippen LogP contribution in [0, 0.1) is 27.7 Å². The van der Waals surface area contributed by atoms with Gasteiger partial charge in [-0.2, -0.15) is 0 Å². The quantitative estimate of drug-likeness (QED) is 0.681. The van der Waals surface area contributed by atoms with E-state index < -0.39 is 0 Å². The van der Waals surface area contributed by atoms with Gasteiger partial charge in [0.15, 0.2) is 0 Å². The van der Waals surface area contributed by atoms with Crippen molar-refractivity contribution in [2.75, 3.05) is 0 Å². The standard InChI is InChI=1S/C15H16N2S/c1-8-5-12-13(6-9(8)2)17-15(16-12)14-7-10(3)11(4)18-14/h5-7H,1-4H3,(H,16,17). The van der Waals surface area contributed by atoms with Crippen LogP contribution in [0.3, 0.4) is 0 Å². The van der Waals surface area contributed by atoms with Gasteiger partial charge in [-0.15, -0.1) is 11.3 Å². The highest BCUT2D eigenvalue weighted by molar-refractivity contribution is 7.15. The number of imidazole rings is 1. The summed E-state index contributed by atoms with van der Waals surface area (Å²) in [6.45, 7) is 8.56. The fourth-order valence-corrected chi connectivity index (χ4v) is 3.05. The Kier molecular flexibility index (Phi) is 2.52. The van der Waals surface area contributed by atoms with Crippen molar-refractivity contribution < 1.29 is 0 Å². The molecule has 92 valence electrons. The third-order valence-corrected chi connectivity index (χ3v) is 4.66. The Balaban J connectivity index is 2.19. The number of nitrogens with zero attached hydrogens (tertiary/aromatic N) is 1. The highest BCUT2D eigenvalue weighted by Gasteiger charge is 2.10. The molecule has 3 heteroatoms. The van der Waals surface area contributed by atoms with Gasteiger partial charge < -0.3 is 4.98 Å². The van der Waals surface area contributed by atoms with E-state index in [1.807, 2.05) is 0 Å². The van der Waals surface area contributed by atoms with Gasteiger partial charge in [-0.1, -0.05) is 0 Å². The molecule has 0 unspecified atom stereocenters. The van der Waals surface area contributed by atoms with Crippen LogP contribution in [0.25, 0.3) is 21.7 Å². The summed E-state index contributed by atoms with van der Waals surface area (Å²) in [7, 11) is 0. The SMILES string of the molecule is Cc1cc2nc(-c3cc(C)c(C)s3)[nH]c2cc1C. The van der Waals surface area contributed by atoms with Crippen molar-refractivity contribution in [1.29, 1.82) is 0 Å². The number of aromatic amines is 1. The van der Waals surface area contributed by atoms with Crippen LogP contribution in [-0.2, 0) is 0 Å². The summed E-state index contributed by atoms with van der Waals surface area (Å²) in [5.41, 5.74) is 6.10. The lowest BCUT2D eigenvalue weighted by molar-refractivity contribution is 1.35. The summed E-state index contributed by atoms with van der Waals surface area (Å²) in [5, 5.41) is 0. The van der Waals surface area contributed by atoms with E-state index in [9.17, 15) is 0 Å². The summed E-state index contributed by atoms with van der Waals surface area (Å²) >= 11 is 1.80. The molecule has 2 heterocycles. The Morgan fingerprint density at radius 1 is 0.944 bits per heavy atom. The highest BCUT2D eigenvalue weighted by Crippen LogP contribution is 2.30. The molecular weight excluding hydrogens is 240 g/mol. The van der Waals surface area contributed by atoms with Gasteiger partial charge in [0.05, 0.1) is 15.9 Å². The van der Waals surface area contributed by atoms with E-state index in [-0.39, 0.29) is 0 Å². The first-order chi connectivity index (χ1) is 8.54. The average molecular weight is 256 g/mol. The Labute approximate surface area is 111 Å². The average Bonchev–Trinajstić information content (AvgIpc) is 2.84. The molecule has 2 nitrogen and oxygen atoms in total. The highest BCUT2D eigenvalue weighted by atomic mass is 32.1. The molecule has 0 saturated carbocycles. The Hall–Kier alpha value is -1.61. The van der Waals surface area contributed by atoms with E-state index in [1.165, 1.54) is 26.4 Å². The zero-order chi connectivity index (χ0) is 12.9. The Morgan fingerprint density at radius 3 is 2.33 bits per heavy atom. The number of aryl methyl sites for hydroxylation is 4. The molecule has 0 aliphatic rings. The summed E-state index contributed by atoms with van der Waals surface area (Å²) in [6, 6.07) is 6.53. The molecule has 3 rings (SSSR count). The molecule has 0 aliphatic carbocycles. The van der Waals surface area contributed by atoms with Gasteiger partial charge in [-0.3, -0.25) is 0 Å². The van der Waals surface area contributed by atoms with Crippen LogP contribution in [0.5, 0.6) is 0 Å². The van der Waals surface area contributed by atoms with Crippen LogP contribution in [0.2, 0.25) is 0 Å². The topological polar surface area (TPSA) is 28.7 Å². The second-order valence-electron chi connectivity index (χ2n) is 4.89. The fraction of sp³-hybridized carbons (Fsp3) is 0.267. The third-order valence-electron chi connectivity index (χ3n) is 3.50. The molecule has 0 fully saturated rings. The maximum atomic E-state index is 4.69. The van der Waals surface area contributed by atoms with Gasteiger partial charge in [-0.05, 0) is 62.6 Å². The number of aromatic nitrogens is 2. The molecule has 0 amide bonds. The van der Waals surface area contributed by atoms with Gasteiger partial charge in [0.1, 0.15) is 5.82 Å². The summed E-state index contributed by atoms with van der Waals surface area (Å²) < 4.78 is 0. The lowest BCUT2D eigenvalue weighted by Gasteiger charge is -1.97. The molecular formula is C15H16N2S. The van der Waals surface area contributed by atoms with Crippen molar-refractivity contribution in [3.63, 3.8) is 0 Å². The first-order valence-corrected chi connectivity index (χ1v) is 6.90. The predicted molar refractivity (Wildman–Crippen MR) is 78.4 cm³/mol. The molecule has 0 aliphatic heterocycles. The number of fused-ring (bicyclic) bond motifs is 1. The lowest BCUT2D eigenvalue weighted by atomic mass is 10.1. The minimum Gasteiger partial charge on any atom is -0.337 e. The molecule has 0 radical (unpaired) electrons. The largest absolute Gasteiger partial charge is 0.337 e. The number of hydrogen-bond donors (Lipinski definition) is 1. The monoisotopic (exact) mass is 256 g/mol. The molecule has 0 saturated heterocycles. The van der Waals surface area contributed by atoms with E-state index >= 15 is 0 Å². The van der Waals surface area contributed by atoms with Crippen molar-refractivity contribution in [2.45, 2.75) is 27.7 Å². The summed E-state index contributed by atoms with van der Waals surface area (Å²) in [5.74, 6) is 0.983. The molecule has 1 N–H and O–H groups in total. The van der Waals surface area contributed by atoms with Crippen LogP contribution < -0.4 is 0 Å². The number of rotatable bonds is 1. The number of hydrogen-bond acceptors (Lipinski definition) is 2. The van der Waals surface area contributed by atoms with Crippen molar-refractivity contribution in [2.24, 2.45) is 0 Å². The van der Waals surface area contributed by atoms with Gasteiger partial charge in [0, 0.05) is 4.88 Å². The lowest BCUT2D eigenvalue weighted by Crippen LogP contribution is -1.79. The van der Waals surface area contributed by atoms with Gasteiger partial charge in [-0.25, -0.2) is 4.98 Å². The second-order valence-corrected chi connectivity index (χ2v) is 6.15. The second kappa shape index (κ2) is 3.95. The number of thiophene rings is 1. The molecule has 0 atom stereocenters. The number of benzene rings is 1. The van der Waals surface area contributed by atoms with E-state index in [4.69, 9.17) is 4.98 Å². The molecule has 0 bridgehead atoms. The van der Waals surface area contributed by atoms with Crippen LogP contribution in [-0.4, -0.2) is 9.97 Å².